The number of pyridine rings is 1. The highest BCUT2D eigenvalue weighted by Gasteiger charge is 2.24. The van der Waals surface area contributed by atoms with Crippen molar-refractivity contribution in [3.63, 3.8) is 0 Å². The van der Waals surface area contributed by atoms with Crippen LogP contribution in [0, 0.1) is 0 Å². The molecule has 9 heteroatoms. The largest absolute Gasteiger partial charge is 0.490 e. The van der Waals surface area contributed by atoms with Crippen LogP contribution in [0.4, 0.5) is 0 Å². The zero-order valence-electron chi connectivity index (χ0n) is 15.0. The van der Waals surface area contributed by atoms with Crippen LogP contribution in [0.25, 0.3) is 0 Å². The Balaban J connectivity index is 0.00000243. The first-order valence-electron chi connectivity index (χ1n) is 8.78. The number of halogens is 1. The molecule has 8 nitrogen and oxygen atoms in total. The van der Waals surface area contributed by atoms with E-state index in [1.807, 2.05) is 12.1 Å². The van der Waals surface area contributed by atoms with E-state index in [1.165, 1.54) is 0 Å². The molecule has 1 fully saturated rings. The van der Waals surface area contributed by atoms with Gasteiger partial charge < -0.3 is 15.0 Å². The van der Waals surface area contributed by atoms with Crippen molar-refractivity contribution < 1.29 is 4.74 Å². The van der Waals surface area contributed by atoms with E-state index >= 15 is 0 Å². The van der Waals surface area contributed by atoms with Crippen molar-refractivity contribution in [3.8, 4) is 5.75 Å². The SMILES string of the molecule is CCNC(=NCCOc1cccnc1)N1CCC(c2ncn[nH]2)CC1.I. The smallest absolute Gasteiger partial charge is 0.194 e. The Labute approximate surface area is 170 Å². The van der Waals surface area contributed by atoms with Crippen LogP contribution >= 0.6 is 24.0 Å². The molecule has 1 saturated heterocycles. The van der Waals surface area contributed by atoms with E-state index in [4.69, 9.17) is 9.73 Å². The number of piperidine rings is 1. The Morgan fingerprint density at radius 2 is 2.27 bits per heavy atom. The van der Waals surface area contributed by atoms with Gasteiger partial charge in [-0.05, 0) is 31.9 Å². The van der Waals surface area contributed by atoms with Crippen LogP contribution in [0.2, 0.25) is 0 Å². The standard InChI is InChI=1S/C17H25N7O.HI/c1-2-19-17(20-8-11-25-15-4-3-7-18-12-15)24-9-5-14(6-10-24)16-21-13-22-23-16;/h3-4,7,12-14H,2,5-6,8-11H2,1H3,(H,19,20)(H,21,22,23);1H. The minimum Gasteiger partial charge on any atom is -0.490 e. The van der Waals surface area contributed by atoms with Crippen LogP contribution in [0.3, 0.4) is 0 Å². The molecule has 1 aliphatic rings. The molecule has 0 spiro atoms. The predicted molar refractivity (Wildman–Crippen MR) is 111 cm³/mol. The lowest BCUT2D eigenvalue weighted by molar-refractivity contribution is 0.295. The van der Waals surface area contributed by atoms with Crippen molar-refractivity contribution in [1.82, 2.24) is 30.4 Å². The summed E-state index contributed by atoms with van der Waals surface area (Å²) in [5, 5.41) is 10.3. The lowest BCUT2D eigenvalue weighted by Crippen LogP contribution is -2.45. The molecule has 0 unspecified atom stereocenters. The molecule has 26 heavy (non-hydrogen) atoms. The van der Waals surface area contributed by atoms with Crippen LogP contribution in [-0.4, -0.2) is 63.8 Å². The summed E-state index contributed by atoms with van der Waals surface area (Å²) in [5.41, 5.74) is 0. The third-order valence-electron chi connectivity index (χ3n) is 4.21. The van der Waals surface area contributed by atoms with Gasteiger partial charge >= 0.3 is 0 Å². The van der Waals surface area contributed by atoms with Crippen molar-refractivity contribution >= 4 is 29.9 Å². The normalized spacial score (nSPS) is 15.4. The van der Waals surface area contributed by atoms with Gasteiger partial charge in [-0.3, -0.25) is 10.1 Å². The van der Waals surface area contributed by atoms with Gasteiger partial charge in [0.2, 0.25) is 0 Å². The quantitative estimate of drug-likeness (QED) is 0.290. The maximum Gasteiger partial charge on any atom is 0.194 e. The number of nitrogens with zero attached hydrogens (tertiary/aromatic N) is 5. The first-order valence-corrected chi connectivity index (χ1v) is 8.78. The maximum atomic E-state index is 5.65. The minimum absolute atomic E-state index is 0. The van der Waals surface area contributed by atoms with E-state index in [1.54, 1.807) is 18.7 Å². The van der Waals surface area contributed by atoms with Gasteiger partial charge in [0.1, 0.15) is 24.5 Å². The van der Waals surface area contributed by atoms with E-state index in [-0.39, 0.29) is 24.0 Å². The van der Waals surface area contributed by atoms with Crippen LogP contribution in [0.1, 0.15) is 31.5 Å². The van der Waals surface area contributed by atoms with Gasteiger partial charge in [-0.25, -0.2) is 9.98 Å². The average Bonchev–Trinajstić information content (AvgIpc) is 3.20. The van der Waals surface area contributed by atoms with Crippen molar-refractivity contribution in [2.24, 2.45) is 4.99 Å². The second kappa shape index (κ2) is 10.9. The number of aromatic amines is 1. The summed E-state index contributed by atoms with van der Waals surface area (Å²) in [6.07, 6.45) is 7.12. The number of likely N-dealkylation sites (tertiary alicyclic amines) is 1. The fourth-order valence-corrected chi connectivity index (χ4v) is 2.95. The second-order valence-electron chi connectivity index (χ2n) is 5.90. The van der Waals surface area contributed by atoms with Gasteiger partial charge in [0, 0.05) is 31.7 Å². The topological polar surface area (TPSA) is 91.3 Å². The Kier molecular flexibility index (Phi) is 8.59. The van der Waals surface area contributed by atoms with Gasteiger partial charge in [0.25, 0.3) is 0 Å². The molecule has 0 atom stereocenters. The molecule has 2 aromatic heterocycles. The first-order chi connectivity index (χ1) is 12.4. The lowest BCUT2D eigenvalue weighted by atomic mass is 9.96. The van der Waals surface area contributed by atoms with Crippen molar-refractivity contribution in [3.05, 3.63) is 36.7 Å². The lowest BCUT2D eigenvalue weighted by Gasteiger charge is -2.33. The van der Waals surface area contributed by atoms with Gasteiger partial charge in [0.15, 0.2) is 5.96 Å². The molecule has 1 aliphatic heterocycles. The van der Waals surface area contributed by atoms with Crippen LogP contribution in [0.15, 0.2) is 35.8 Å². The number of hydrogen-bond donors (Lipinski definition) is 2. The van der Waals surface area contributed by atoms with Gasteiger partial charge in [-0.2, -0.15) is 5.10 Å². The Morgan fingerprint density at radius 1 is 1.42 bits per heavy atom. The highest BCUT2D eigenvalue weighted by molar-refractivity contribution is 14.0. The highest BCUT2D eigenvalue weighted by atomic mass is 127. The average molecular weight is 471 g/mol. The second-order valence-corrected chi connectivity index (χ2v) is 5.90. The monoisotopic (exact) mass is 471 g/mol. The molecule has 0 amide bonds. The van der Waals surface area contributed by atoms with E-state index < -0.39 is 0 Å². The maximum absolute atomic E-state index is 5.65. The van der Waals surface area contributed by atoms with Crippen LogP contribution in [0.5, 0.6) is 5.75 Å². The predicted octanol–water partition coefficient (Wildman–Crippen LogP) is 2.04. The van der Waals surface area contributed by atoms with Crippen molar-refractivity contribution in [2.45, 2.75) is 25.7 Å². The molecule has 0 radical (unpaired) electrons. The zero-order chi connectivity index (χ0) is 17.3. The number of nitrogens with one attached hydrogen (secondary N) is 2. The summed E-state index contributed by atoms with van der Waals surface area (Å²) >= 11 is 0. The molecule has 2 N–H and O–H groups in total. The summed E-state index contributed by atoms with van der Waals surface area (Å²) < 4.78 is 5.65. The molecule has 3 heterocycles. The van der Waals surface area contributed by atoms with E-state index in [0.29, 0.717) is 19.1 Å². The van der Waals surface area contributed by atoms with Gasteiger partial charge in [-0.15, -0.1) is 24.0 Å². The molecule has 0 saturated carbocycles. The molecule has 0 aliphatic carbocycles. The third kappa shape index (κ3) is 5.82. The van der Waals surface area contributed by atoms with Gasteiger partial charge in [0.05, 0.1) is 12.7 Å². The molecule has 2 aromatic rings. The molecular weight excluding hydrogens is 445 g/mol. The molecular formula is C17H26IN7O. The van der Waals surface area contributed by atoms with Gasteiger partial charge in [-0.1, -0.05) is 0 Å². The number of aromatic nitrogens is 4. The number of hydrogen-bond acceptors (Lipinski definition) is 5. The van der Waals surface area contributed by atoms with Crippen LogP contribution < -0.4 is 10.1 Å². The number of H-pyrrole nitrogens is 1. The zero-order valence-corrected chi connectivity index (χ0v) is 17.3. The Bertz CT molecular complexity index is 642. The summed E-state index contributed by atoms with van der Waals surface area (Å²) in [6.45, 7) is 6.00. The number of guanidine groups is 1. The summed E-state index contributed by atoms with van der Waals surface area (Å²) in [7, 11) is 0. The molecule has 0 aromatic carbocycles. The van der Waals surface area contributed by atoms with Crippen LogP contribution in [-0.2, 0) is 0 Å². The van der Waals surface area contributed by atoms with Crippen molar-refractivity contribution in [2.75, 3.05) is 32.8 Å². The Morgan fingerprint density at radius 3 is 2.92 bits per heavy atom. The number of aliphatic imine (C=N–C) groups is 1. The van der Waals surface area contributed by atoms with Crippen molar-refractivity contribution in [1.29, 1.82) is 0 Å². The first kappa shape index (κ1) is 20.4. The molecule has 3 rings (SSSR count). The summed E-state index contributed by atoms with van der Waals surface area (Å²) in [4.78, 5) is 15.3. The molecule has 0 bridgehead atoms. The Hall–Kier alpha value is -1.91. The van der Waals surface area contributed by atoms with E-state index in [9.17, 15) is 0 Å². The summed E-state index contributed by atoms with van der Waals surface area (Å²) in [5.74, 6) is 3.17. The van der Waals surface area contributed by atoms with E-state index in [2.05, 4.69) is 37.3 Å². The fraction of sp³-hybridized carbons (Fsp3) is 0.529. The number of rotatable bonds is 6. The summed E-state index contributed by atoms with van der Waals surface area (Å²) in [6, 6.07) is 3.76. The minimum atomic E-state index is 0. The molecule has 142 valence electrons. The fourth-order valence-electron chi connectivity index (χ4n) is 2.95. The number of ether oxygens (including phenoxy) is 1. The third-order valence-corrected chi connectivity index (χ3v) is 4.21. The van der Waals surface area contributed by atoms with E-state index in [0.717, 1.165) is 50.0 Å². The highest BCUT2D eigenvalue weighted by Crippen LogP contribution is 2.24.